The van der Waals surface area contributed by atoms with Crippen molar-refractivity contribution < 1.29 is 14.4 Å². The van der Waals surface area contributed by atoms with Crippen molar-refractivity contribution in [2.24, 2.45) is 0 Å². The predicted octanol–water partition coefficient (Wildman–Crippen LogP) is 7.73. The topological polar surface area (TPSA) is 38.3 Å². The predicted molar refractivity (Wildman–Crippen MR) is 141 cm³/mol. The van der Waals surface area contributed by atoms with Gasteiger partial charge in [0.2, 0.25) is 6.33 Å². The number of nitrogens with zero attached hydrogens (tertiary/aromatic N) is 2. The molecule has 0 fully saturated rings. The second kappa shape index (κ2) is 12.0. The summed E-state index contributed by atoms with van der Waals surface area (Å²) >= 11 is 31.2. The van der Waals surface area contributed by atoms with Crippen LogP contribution in [-0.2, 0) is 24.4 Å². The third kappa shape index (κ3) is 6.93. The maximum atomic E-state index is 10.6. The minimum Gasteiger partial charge on any atom is -0.384 e. The Morgan fingerprint density at radius 3 is 2.23 bits per heavy atom. The van der Waals surface area contributed by atoms with E-state index in [2.05, 4.69) is 0 Å². The second-order valence-corrected chi connectivity index (χ2v) is 10.1. The van der Waals surface area contributed by atoms with Crippen molar-refractivity contribution in [3.05, 3.63) is 121 Å². The highest BCUT2D eigenvalue weighted by atomic mass is 35.5. The van der Waals surface area contributed by atoms with E-state index >= 15 is 0 Å². The summed E-state index contributed by atoms with van der Waals surface area (Å²) in [5, 5.41) is 13.4. The normalized spacial score (nSPS) is 13.1. The molecule has 2 atom stereocenters. The molecule has 0 amide bonds. The molecule has 0 aliphatic heterocycles. The van der Waals surface area contributed by atoms with Crippen molar-refractivity contribution >= 4 is 58.0 Å². The first kappa shape index (κ1) is 26.3. The molecule has 4 rings (SSSR count). The molecule has 1 aromatic heterocycles. The molecular formula is C26H22Cl5N2O2+. The molecule has 35 heavy (non-hydrogen) atoms. The Kier molecular flexibility index (Phi) is 9.01. The molecule has 0 saturated carbocycles. The molecule has 182 valence electrons. The van der Waals surface area contributed by atoms with E-state index in [9.17, 15) is 5.11 Å². The van der Waals surface area contributed by atoms with E-state index in [1.165, 1.54) is 0 Å². The molecular weight excluding hydrogens is 550 g/mol. The lowest BCUT2D eigenvalue weighted by Crippen LogP contribution is -2.34. The fourth-order valence-corrected chi connectivity index (χ4v) is 4.86. The summed E-state index contributed by atoms with van der Waals surface area (Å²) < 4.78 is 10.2. The third-order valence-corrected chi connectivity index (χ3v) is 7.08. The fraction of sp³-hybridized carbons (Fsp3) is 0.192. The van der Waals surface area contributed by atoms with Crippen molar-refractivity contribution in [1.29, 1.82) is 0 Å². The highest BCUT2D eigenvalue weighted by molar-refractivity contribution is 6.36. The molecule has 0 aliphatic rings. The third-order valence-electron chi connectivity index (χ3n) is 5.56. The number of benzene rings is 3. The molecule has 0 bridgehead atoms. The van der Waals surface area contributed by atoms with Crippen LogP contribution in [0.1, 0.15) is 28.9 Å². The molecule has 1 N–H and O–H groups in total. The van der Waals surface area contributed by atoms with Gasteiger partial charge in [0.15, 0.2) is 0 Å². The van der Waals surface area contributed by atoms with Gasteiger partial charge in [-0.2, -0.15) is 0 Å². The summed E-state index contributed by atoms with van der Waals surface area (Å²) in [6.07, 6.45) is 4.63. The SMILES string of the molecule is OC(C[n+]1ccn(CC(OCc2c(Cl)cccc2Cl)c2ccc(Cl)cc2Cl)c1)c1ccc(Cl)cc1. The van der Waals surface area contributed by atoms with E-state index in [-0.39, 0.29) is 6.61 Å². The smallest absolute Gasteiger partial charge is 0.243 e. The van der Waals surface area contributed by atoms with E-state index in [1.807, 2.05) is 46.1 Å². The minimum absolute atomic E-state index is 0.207. The standard InChI is InChI=1S/C26H22Cl5N2O2/c27-18-6-4-17(5-7-18)25(34)13-32-10-11-33(16-32)14-26(20-9-8-19(28)12-24(20)31)35-15-21-22(29)2-1-3-23(21)30/h1-12,16,25-26,34H,13-15H2/q+1. The Bertz CT molecular complexity index is 1270. The highest BCUT2D eigenvalue weighted by Gasteiger charge is 2.22. The van der Waals surface area contributed by atoms with Crippen LogP contribution in [0.4, 0.5) is 0 Å². The number of aliphatic hydroxyl groups excluding tert-OH is 1. The van der Waals surface area contributed by atoms with E-state index in [0.29, 0.717) is 43.8 Å². The van der Waals surface area contributed by atoms with Crippen LogP contribution in [0, 0.1) is 0 Å². The van der Waals surface area contributed by atoms with Crippen LogP contribution in [0.2, 0.25) is 25.1 Å². The molecule has 4 aromatic rings. The molecule has 4 nitrogen and oxygen atoms in total. The van der Waals surface area contributed by atoms with E-state index in [4.69, 9.17) is 62.7 Å². The summed E-state index contributed by atoms with van der Waals surface area (Å²) in [4.78, 5) is 0. The van der Waals surface area contributed by atoms with Gasteiger partial charge in [0.1, 0.15) is 37.7 Å². The number of aliphatic hydroxyl groups is 1. The molecule has 0 aliphatic carbocycles. The summed E-state index contributed by atoms with van der Waals surface area (Å²) in [6.45, 7) is 1.06. The Morgan fingerprint density at radius 2 is 1.54 bits per heavy atom. The minimum atomic E-state index is -0.673. The summed E-state index contributed by atoms with van der Waals surface area (Å²) in [5.41, 5.74) is 2.29. The van der Waals surface area contributed by atoms with Gasteiger partial charge in [-0.3, -0.25) is 0 Å². The number of rotatable bonds is 9. The van der Waals surface area contributed by atoms with Crippen LogP contribution >= 0.6 is 58.0 Å². The van der Waals surface area contributed by atoms with Crippen molar-refractivity contribution in [1.82, 2.24) is 4.57 Å². The Balaban J connectivity index is 1.52. The molecule has 9 heteroatoms. The van der Waals surface area contributed by atoms with Gasteiger partial charge in [-0.1, -0.05) is 82.3 Å². The van der Waals surface area contributed by atoms with Gasteiger partial charge in [-0.15, -0.1) is 0 Å². The van der Waals surface area contributed by atoms with Gasteiger partial charge in [-0.25, -0.2) is 9.13 Å². The van der Waals surface area contributed by atoms with Gasteiger partial charge < -0.3 is 9.84 Å². The van der Waals surface area contributed by atoms with Gasteiger partial charge in [0, 0.05) is 36.2 Å². The zero-order valence-electron chi connectivity index (χ0n) is 18.4. The Morgan fingerprint density at radius 1 is 0.857 bits per heavy atom. The zero-order chi connectivity index (χ0) is 24.9. The van der Waals surface area contributed by atoms with Crippen LogP contribution in [0.3, 0.4) is 0 Å². The zero-order valence-corrected chi connectivity index (χ0v) is 22.2. The molecule has 0 radical (unpaired) electrons. The lowest BCUT2D eigenvalue weighted by atomic mass is 10.1. The van der Waals surface area contributed by atoms with Crippen molar-refractivity contribution in [2.75, 3.05) is 0 Å². The first-order valence-electron chi connectivity index (χ1n) is 10.8. The first-order valence-corrected chi connectivity index (χ1v) is 12.7. The van der Waals surface area contributed by atoms with Crippen molar-refractivity contribution in [2.45, 2.75) is 31.9 Å². The largest absolute Gasteiger partial charge is 0.384 e. The number of imidazole rings is 1. The van der Waals surface area contributed by atoms with Crippen LogP contribution in [0.25, 0.3) is 0 Å². The van der Waals surface area contributed by atoms with Gasteiger partial charge in [0.25, 0.3) is 0 Å². The summed E-state index contributed by atoms with van der Waals surface area (Å²) in [6, 6.07) is 17.8. The van der Waals surface area contributed by atoms with E-state index in [0.717, 1.165) is 11.1 Å². The average Bonchev–Trinajstić information content (AvgIpc) is 3.25. The van der Waals surface area contributed by atoms with Crippen LogP contribution in [-0.4, -0.2) is 9.67 Å². The van der Waals surface area contributed by atoms with Crippen LogP contribution < -0.4 is 4.57 Å². The van der Waals surface area contributed by atoms with E-state index < -0.39 is 12.2 Å². The van der Waals surface area contributed by atoms with Gasteiger partial charge in [-0.05, 0) is 42.0 Å². The fourth-order valence-electron chi connectivity index (χ4n) is 3.69. The van der Waals surface area contributed by atoms with Gasteiger partial charge >= 0.3 is 0 Å². The summed E-state index contributed by atoms with van der Waals surface area (Å²) in [5.74, 6) is 0. The Hall–Kier alpha value is -1.76. The number of halogens is 5. The first-order chi connectivity index (χ1) is 16.8. The molecule has 0 spiro atoms. The molecule has 3 aromatic carbocycles. The van der Waals surface area contributed by atoms with Crippen LogP contribution in [0.15, 0.2) is 79.4 Å². The number of hydrogen-bond donors (Lipinski definition) is 1. The molecule has 0 saturated heterocycles. The second-order valence-electron chi connectivity index (χ2n) is 8.04. The molecule has 1 heterocycles. The lowest BCUT2D eigenvalue weighted by Gasteiger charge is -2.19. The molecule has 2 unspecified atom stereocenters. The number of hydrogen-bond acceptors (Lipinski definition) is 2. The van der Waals surface area contributed by atoms with Crippen LogP contribution in [0.5, 0.6) is 0 Å². The average molecular weight is 572 g/mol. The van der Waals surface area contributed by atoms with E-state index in [1.54, 1.807) is 42.5 Å². The quantitative estimate of drug-likeness (QED) is 0.209. The maximum absolute atomic E-state index is 10.6. The lowest BCUT2D eigenvalue weighted by molar-refractivity contribution is -0.704. The van der Waals surface area contributed by atoms with Gasteiger partial charge in [0.05, 0.1) is 6.61 Å². The van der Waals surface area contributed by atoms with Crippen molar-refractivity contribution in [3.63, 3.8) is 0 Å². The highest BCUT2D eigenvalue weighted by Crippen LogP contribution is 2.32. The van der Waals surface area contributed by atoms with Crippen molar-refractivity contribution in [3.8, 4) is 0 Å². The number of ether oxygens (including phenoxy) is 1. The monoisotopic (exact) mass is 569 g/mol. The Labute approximate surface area is 229 Å². The number of aromatic nitrogens is 2. The maximum Gasteiger partial charge on any atom is 0.243 e. The summed E-state index contributed by atoms with van der Waals surface area (Å²) in [7, 11) is 0.